The summed E-state index contributed by atoms with van der Waals surface area (Å²) >= 11 is 0. The average Bonchev–Trinajstić information content (AvgIpc) is 2.50. The summed E-state index contributed by atoms with van der Waals surface area (Å²) in [5.41, 5.74) is 0.326. The van der Waals surface area contributed by atoms with E-state index < -0.39 is 17.4 Å². The van der Waals surface area contributed by atoms with Crippen LogP contribution < -0.4 is 9.47 Å². The third kappa shape index (κ3) is 2.46. The van der Waals surface area contributed by atoms with Gasteiger partial charge >= 0.3 is 0 Å². The largest absolute Gasteiger partial charge is 0.486 e. The first kappa shape index (κ1) is 13.5. The zero-order valence-corrected chi connectivity index (χ0v) is 11.3. The number of ketones is 1. The molecule has 0 unspecified atom stereocenters. The van der Waals surface area contributed by atoms with Gasteiger partial charge in [0.05, 0.1) is 5.56 Å². The minimum absolute atomic E-state index is 0.162. The fourth-order valence-electron chi connectivity index (χ4n) is 2.17. The molecule has 0 saturated heterocycles. The number of hydrogen-bond acceptors (Lipinski definition) is 3. The lowest BCUT2D eigenvalue weighted by atomic mass is 10.0. The summed E-state index contributed by atoms with van der Waals surface area (Å²) in [6, 6.07) is 6.59. The molecule has 0 saturated carbocycles. The van der Waals surface area contributed by atoms with Crippen LogP contribution in [0.5, 0.6) is 11.5 Å². The molecule has 3 rings (SSSR count). The lowest BCUT2D eigenvalue weighted by Crippen LogP contribution is -2.16. The van der Waals surface area contributed by atoms with E-state index in [1.807, 2.05) is 0 Å². The third-order valence-electron chi connectivity index (χ3n) is 3.30. The molecule has 1 heterocycles. The van der Waals surface area contributed by atoms with Crippen molar-refractivity contribution in [3.63, 3.8) is 0 Å². The molecule has 1 aliphatic rings. The van der Waals surface area contributed by atoms with Gasteiger partial charge in [-0.25, -0.2) is 8.78 Å². The van der Waals surface area contributed by atoms with Crippen molar-refractivity contribution in [3.8, 4) is 11.5 Å². The number of halogens is 2. The summed E-state index contributed by atoms with van der Waals surface area (Å²) in [6.45, 7) is 2.33. The first-order valence-electron chi connectivity index (χ1n) is 6.46. The topological polar surface area (TPSA) is 35.5 Å². The van der Waals surface area contributed by atoms with Crippen molar-refractivity contribution in [2.24, 2.45) is 0 Å². The van der Waals surface area contributed by atoms with Gasteiger partial charge < -0.3 is 9.47 Å². The normalized spacial score (nSPS) is 13.1. The standard InChI is InChI=1S/C16H12F2O3/c1-9-6-11(13(18)8-12(9)17)16(19)10-2-3-14-15(7-10)21-5-4-20-14/h2-3,6-8H,4-5H2,1H3. The van der Waals surface area contributed by atoms with Gasteiger partial charge in [0, 0.05) is 11.6 Å². The van der Waals surface area contributed by atoms with Crippen LogP contribution in [0.15, 0.2) is 30.3 Å². The summed E-state index contributed by atoms with van der Waals surface area (Å²) < 4.78 is 37.8. The van der Waals surface area contributed by atoms with Crippen molar-refractivity contribution < 1.29 is 23.0 Å². The maximum atomic E-state index is 13.8. The highest BCUT2D eigenvalue weighted by Crippen LogP contribution is 2.31. The van der Waals surface area contributed by atoms with Crippen LogP contribution in [0, 0.1) is 18.6 Å². The Bertz CT molecular complexity index is 726. The van der Waals surface area contributed by atoms with Crippen LogP contribution in [0.1, 0.15) is 21.5 Å². The van der Waals surface area contributed by atoms with Gasteiger partial charge in [-0.15, -0.1) is 0 Å². The van der Waals surface area contributed by atoms with Gasteiger partial charge in [-0.1, -0.05) is 0 Å². The van der Waals surface area contributed by atoms with E-state index in [4.69, 9.17) is 9.47 Å². The van der Waals surface area contributed by atoms with Gasteiger partial charge in [-0.3, -0.25) is 4.79 Å². The van der Waals surface area contributed by atoms with E-state index in [1.165, 1.54) is 25.1 Å². The highest BCUT2D eigenvalue weighted by atomic mass is 19.1. The van der Waals surface area contributed by atoms with Crippen LogP contribution >= 0.6 is 0 Å². The van der Waals surface area contributed by atoms with Crippen molar-refractivity contribution in [1.29, 1.82) is 0 Å². The van der Waals surface area contributed by atoms with Crippen LogP contribution in [0.25, 0.3) is 0 Å². The van der Waals surface area contributed by atoms with E-state index in [0.29, 0.717) is 24.7 Å². The molecule has 2 aromatic carbocycles. The summed E-state index contributed by atoms with van der Waals surface area (Å²) in [6.07, 6.45) is 0. The van der Waals surface area contributed by atoms with E-state index in [0.717, 1.165) is 6.07 Å². The Balaban J connectivity index is 2.01. The zero-order chi connectivity index (χ0) is 15.0. The Labute approximate surface area is 120 Å². The molecule has 0 aromatic heterocycles. The van der Waals surface area contributed by atoms with Crippen molar-refractivity contribution >= 4 is 5.78 Å². The molecule has 21 heavy (non-hydrogen) atoms. The molecule has 2 aromatic rings. The zero-order valence-electron chi connectivity index (χ0n) is 11.3. The number of hydrogen-bond donors (Lipinski definition) is 0. The summed E-state index contributed by atoms with van der Waals surface area (Å²) in [4.78, 5) is 12.4. The number of aryl methyl sites for hydroxylation is 1. The van der Waals surface area contributed by atoms with Crippen LogP contribution in [0.3, 0.4) is 0 Å². The Morgan fingerprint density at radius 1 is 1.00 bits per heavy atom. The number of ether oxygens (including phenoxy) is 2. The first-order chi connectivity index (χ1) is 10.1. The molecule has 0 atom stereocenters. The van der Waals surface area contributed by atoms with Gasteiger partial charge in [0.15, 0.2) is 17.3 Å². The van der Waals surface area contributed by atoms with Crippen LogP contribution in [0.2, 0.25) is 0 Å². The number of carbonyl (C=O) groups is 1. The minimum atomic E-state index is -0.877. The molecule has 0 amide bonds. The van der Waals surface area contributed by atoms with Gasteiger partial charge in [0.25, 0.3) is 0 Å². The summed E-state index contributed by atoms with van der Waals surface area (Å²) in [5, 5.41) is 0. The second kappa shape index (κ2) is 5.16. The number of rotatable bonds is 2. The molecule has 0 aliphatic carbocycles. The predicted octanol–water partition coefficient (Wildman–Crippen LogP) is 3.28. The smallest absolute Gasteiger partial charge is 0.196 e. The quantitative estimate of drug-likeness (QED) is 0.796. The highest BCUT2D eigenvalue weighted by molar-refractivity contribution is 6.09. The molecule has 0 bridgehead atoms. The monoisotopic (exact) mass is 290 g/mol. The van der Waals surface area contributed by atoms with E-state index in [-0.39, 0.29) is 16.7 Å². The Morgan fingerprint density at radius 3 is 2.48 bits per heavy atom. The molecular weight excluding hydrogens is 278 g/mol. The van der Waals surface area contributed by atoms with Crippen molar-refractivity contribution in [2.45, 2.75) is 6.92 Å². The Hall–Kier alpha value is -2.43. The molecule has 0 N–H and O–H groups in total. The number of carbonyl (C=O) groups excluding carboxylic acids is 1. The molecule has 108 valence electrons. The molecule has 1 aliphatic heterocycles. The Morgan fingerprint density at radius 2 is 1.71 bits per heavy atom. The van der Waals surface area contributed by atoms with E-state index in [1.54, 1.807) is 6.07 Å². The molecule has 3 nitrogen and oxygen atoms in total. The molecule has 0 spiro atoms. The fraction of sp³-hybridized carbons (Fsp3) is 0.188. The summed E-state index contributed by atoms with van der Waals surface area (Å²) in [7, 11) is 0. The third-order valence-corrected chi connectivity index (χ3v) is 3.30. The van der Waals surface area contributed by atoms with E-state index >= 15 is 0 Å². The summed E-state index contributed by atoms with van der Waals surface area (Å²) in [5.74, 6) is -1.07. The molecule has 0 radical (unpaired) electrons. The minimum Gasteiger partial charge on any atom is -0.486 e. The second-order valence-electron chi connectivity index (χ2n) is 4.77. The molecular formula is C16H12F2O3. The van der Waals surface area contributed by atoms with Gasteiger partial charge in [0.1, 0.15) is 24.8 Å². The van der Waals surface area contributed by atoms with Crippen molar-refractivity contribution in [2.75, 3.05) is 13.2 Å². The average molecular weight is 290 g/mol. The number of benzene rings is 2. The van der Waals surface area contributed by atoms with Crippen LogP contribution in [-0.4, -0.2) is 19.0 Å². The van der Waals surface area contributed by atoms with E-state index in [2.05, 4.69) is 0 Å². The number of fused-ring (bicyclic) bond motifs is 1. The van der Waals surface area contributed by atoms with Crippen LogP contribution in [0.4, 0.5) is 8.78 Å². The predicted molar refractivity (Wildman–Crippen MR) is 72.0 cm³/mol. The van der Waals surface area contributed by atoms with Gasteiger partial charge in [-0.2, -0.15) is 0 Å². The second-order valence-corrected chi connectivity index (χ2v) is 4.77. The van der Waals surface area contributed by atoms with Gasteiger partial charge in [-0.05, 0) is 36.8 Å². The maximum absolute atomic E-state index is 13.8. The molecule has 0 fully saturated rings. The maximum Gasteiger partial charge on any atom is 0.196 e. The lowest BCUT2D eigenvalue weighted by Gasteiger charge is -2.18. The SMILES string of the molecule is Cc1cc(C(=O)c2ccc3c(c2)OCCO3)c(F)cc1F. The fourth-order valence-corrected chi connectivity index (χ4v) is 2.17. The first-order valence-corrected chi connectivity index (χ1v) is 6.46. The van der Waals surface area contributed by atoms with E-state index in [9.17, 15) is 13.6 Å². The molecule has 5 heteroatoms. The highest BCUT2D eigenvalue weighted by Gasteiger charge is 2.19. The van der Waals surface area contributed by atoms with Crippen molar-refractivity contribution in [1.82, 2.24) is 0 Å². The van der Waals surface area contributed by atoms with Gasteiger partial charge in [0.2, 0.25) is 0 Å². The Kier molecular flexibility index (Phi) is 3.33. The van der Waals surface area contributed by atoms with Crippen molar-refractivity contribution in [3.05, 3.63) is 58.7 Å². The van der Waals surface area contributed by atoms with Crippen LogP contribution in [-0.2, 0) is 0 Å². The lowest BCUT2D eigenvalue weighted by molar-refractivity contribution is 0.103.